The van der Waals surface area contributed by atoms with Crippen LogP contribution in [0.25, 0.3) is 0 Å². The van der Waals surface area contributed by atoms with Crippen LogP contribution in [-0.2, 0) is 11.3 Å². The Morgan fingerprint density at radius 1 is 1.24 bits per heavy atom. The van der Waals surface area contributed by atoms with Crippen LogP contribution in [0.15, 0.2) is 12.1 Å². The molecule has 0 spiro atoms. The number of methoxy groups -OCH3 is 2. The molecule has 0 saturated heterocycles. The van der Waals surface area contributed by atoms with Gasteiger partial charge in [-0.1, -0.05) is 17.7 Å². The van der Waals surface area contributed by atoms with Gasteiger partial charge in [0.15, 0.2) is 11.5 Å². The predicted octanol–water partition coefficient (Wildman–Crippen LogP) is 2.44. The van der Waals surface area contributed by atoms with Crippen molar-refractivity contribution >= 4 is 11.6 Å². The average Bonchev–Trinajstić information content (AvgIpc) is 2.35. The molecule has 0 aliphatic heterocycles. The van der Waals surface area contributed by atoms with Crippen molar-refractivity contribution in [2.75, 3.05) is 27.4 Å². The fourth-order valence-corrected chi connectivity index (χ4v) is 1.81. The number of rotatable bonds is 7. The molecule has 0 amide bonds. The van der Waals surface area contributed by atoms with Crippen LogP contribution in [0.3, 0.4) is 0 Å². The van der Waals surface area contributed by atoms with Crippen molar-refractivity contribution in [2.24, 2.45) is 0 Å². The van der Waals surface area contributed by atoms with Crippen LogP contribution in [0.4, 0.5) is 0 Å². The van der Waals surface area contributed by atoms with Crippen LogP contribution in [0, 0.1) is 0 Å². The molecule has 1 aromatic rings. The Hall–Kier alpha value is -0.970. The second-order valence-electron chi connectivity index (χ2n) is 3.35. The predicted molar refractivity (Wildman–Crippen MR) is 67.9 cm³/mol. The van der Waals surface area contributed by atoms with E-state index in [9.17, 15) is 0 Å². The van der Waals surface area contributed by atoms with Crippen molar-refractivity contribution in [2.45, 2.75) is 13.3 Å². The standard InChI is InChI=1S/C12H18ClNO3/c1-4-17-14-8-7-9-5-6-10(15-2)12(16-3)11(9)13/h5-6,14H,4,7-8H2,1-3H3. The van der Waals surface area contributed by atoms with Gasteiger partial charge < -0.3 is 14.3 Å². The largest absolute Gasteiger partial charge is 0.493 e. The van der Waals surface area contributed by atoms with Gasteiger partial charge in [0.2, 0.25) is 0 Å². The summed E-state index contributed by atoms with van der Waals surface area (Å²) in [5, 5.41) is 0.588. The maximum absolute atomic E-state index is 6.23. The van der Waals surface area contributed by atoms with Gasteiger partial charge in [0.1, 0.15) is 0 Å². The van der Waals surface area contributed by atoms with Crippen LogP contribution in [-0.4, -0.2) is 27.4 Å². The zero-order chi connectivity index (χ0) is 12.7. The SMILES string of the molecule is CCONCCc1ccc(OC)c(OC)c1Cl. The van der Waals surface area contributed by atoms with Crippen molar-refractivity contribution in [3.63, 3.8) is 0 Å². The second kappa shape index (κ2) is 7.37. The minimum atomic E-state index is 0.572. The van der Waals surface area contributed by atoms with Crippen LogP contribution in [0.1, 0.15) is 12.5 Å². The minimum Gasteiger partial charge on any atom is -0.493 e. The molecule has 0 heterocycles. The topological polar surface area (TPSA) is 39.7 Å². The summed E-state index contributed by atoms with van der Waals surface area (Å²) in [7, 11) is 3.16. The molecule has 96 valence electrons. The molecule has 1 N–H and O–H groups in total. The number of ether oxygens (including phenoxy) is 2. The van der Waals surface area contributed by atoms with E-state index in [4.69, 9.17) is 25.9 Å². The van der Waals surface area contributed by atoms with E-state index >= 15 is 0 Å². The summed E-state index contributed by atoms with van der Waals surface area (Å²) in [6.07, 6.45) is 0.763. The highest BCUT2D eigenvalue weighted by molar-refractivity contribution is 6.33. The van der Waals surface area contributed by atoms with Gasteiger partial charge in [-0.25, -0.2) is 5.48 Å². The van der Waals surface area contributed by atoms with E-state index in [-0.39, 0.29) is 0 Å². The van der Waals surface area contributed by atoms with Gasteiger partial charge in [0.25, 0.3) is 0 Å². The normalized spacial score (nSPS) is 10.4. The van der Waals surface area contributed by atoms with E-state index in [1.807, 2.05) is 19.1 Å². The van der Waals surface area contributed by atoms with Crippen LogP contribution in [0.2, 0.25) is 5.02 Å². The van der Waals surface area contributed by atoms with E-state index in [1.165, 1.54) is 0 Å². The molecule has 0 radical (unpaired) electrons. The Labute approximate surface area is 107 Å². The highest BCUT2D eigenvalue weighted by Crippen LogP contribution is 2.37. The van der Waals surface area contributed by atoms with E-state index in [0.717, 1.165) is 12.0 Å². The van der Waals surface area contributed by atoms with Crippen LogP contribution < -0.4 is 15.0 Å². The third-order valence-corrected chi connectivity index (χ3v) is 2.72. The maximum atomic E-state index is 6.23. The molecule has 4 nitrogen and oxygen atoms in total. The Kier molecular flexibility index (Phi) is 6.11. The van der Waals surface area contributed by atoms with Gasteiger partial charge in [-0.05, 0) is 25.0 Å². The summed E-state index contributed by atoms with van der Waals surface area (Å²) in [6.45, 7) is 3.26. The quantitative estimate of drug-likeness (QED) is 0.603. The lowest BCUT2D eigenvalue weighted by Crippen LogP contribution is -2.17. The Morgan fingerprint density at radius 3 is 2.59 bits per heavy atom. The Morgan fingerprint density at radius 2 is 2.00 bits per heavy atom. The average molecular weight is 260 g/mol. The van der Waals surface area contributed by atoms with Crippen LogP contribution >= 0.6 is 11.6 Å². The van der Waals surface area contributed by atoms with Crippen molar-refractivity contribution in [1.82, 2.24) is 5.48 Å². The van der Waals surface area contributed by atoms with E-state index in [0.29, 0.717) is 29.7 Å². The smallest absolute Gasteiger partial charge is 0.179 e. The summed E-state index contributed by atoms with van der Waals surface area (Å²) < 4.78 is 10.4. The minimum absolute atomic E-state index is 0.572. The number of halogens is 1. The van der Waals surface area contributed by atoms with Crippen molar-refractivity contribution in [1.29, 1.82) is 0 Å². The van der Waals surface area contributed by atoms with E-state index in [1.54, 1.807) is 14.2 Å². The second-order valence-corrected chi connectivity index (χ2v) is 3.73. The molecule has 17 heavy (non-hydrogen) atoms. The molecule has 1 aromatic carbocycles. The molecule has 0 aliphatic rings. The monoisotopic (exact) mass is 259 g/mol. The first-order valence-electron chi connectivity index (χ1n) is 5.48. The van der Waals surface area contributed by atoms with Gasteiger partial charge in [-0.2, -0.15) is 0 Å². The van der Waals surface area contributed by atoms with Crippen LogP contribution in [0.5, 0.6) is 11.5 Å². The molecule has 1 rings (SSSR count). The number of nitrogens with one attached hydrogen (secondary N) is 1. The van der Waals surface area contributed by atoms with E-state index in [2.05, 4.69) is 5.48 Å². The lowest BCUT2D eigenvalue weighted by Gasteiger charge is -2.12. The fraction of sp³-hybridized carbons (Fsp3) is 0.500. The molecule has 0 fully saturated rings. The fourth-order valence-electron chi connectivity index (χ4n) is 1.48. The first kappa shape index (κ1) is 14.1. The molecule has 0 bridgehead atoms. The van der Waals surface area contributed by atoms with Crippen molar-refractivity contribution in [3.05, 3.63) is 22.7 Å². The number of hydroxylamine groups is 1. The lowest BCUT2D eigenvalue weighted by atomic mass is 10.1. The van der Waals surface area contributed by atoms with E-state index < -0.39 is 0 Å². The van der Waals surface area contributed by atoms with Crippen molar-refractivity contribution in [3.8, 4) is 11.5 Å². The first-order chi connectivity index (χ1) is 8.24. The summed E-state index contributed by atoms with van der Waals surface area (Å²) in [5.41, 5.74) is 3.84. The molecule has 5 heteroatoms. The molecular weight excluding hydrogens is 242 g/mol. The highest BCUT2D eigenvalue weighted by atomic mass is 35.5. The summed E-state index contributed by atoms with van der Waals surface area (Å²) in [4.78, 5) is 5.05. The Bertz CT molecular complexity index is 358. The zero-order valence-corrected chi connectivity index (χ0v) is 11.1. The Balaban J connectivity index is 2.73. The molecule has 0 aromatic heterocycles. The highest BCUT2D eigenvalue weighted by Gasteiger charge is 2.12. The number of benzene rings is 1. The maximum Gasteiger partial charge on any atom is 0.179 e. The van der Waals surface area contributed by atoms with Gasteiger partial charge >= 0.3 is 0 Å². The zero-order valence-electron chi connectivity index (χ0n) is 10.4. The van der Waals surface area contributed by atoms with Crippen molar-refractivity contribution < 1.29 is 14.3 Å². The van der Waals surface area contributed by atoms with Gasteiger partial charge in [0.05, 0.1) is 25.8 Å². The molecule has 0 atom stereocenters. The lowest BCUT2D eigenvalue weighted by molar-refractivity contribution is 0.0519. The molecule has 0 aliphatic carbocycles. The van der Waals surface area contributed by atoms with Gasteiger partial charge in [-0.3, -0.25) is 0 Å². The first-order valence-corrected chi connectivity index (χ1v) is 5.86. The third-order valence-electron chi connectivity index (χ3n) is 2.31. The van der Waals surface area contributed by atoms with Gasteiger partial charge in [0, 0.05) is 6.54 Å². The summed E-state index contributed by atoms with van der Waals surface area (Å²) in [6, 6.07) is 3.78. The summed E-state index contributed by atoms with van der Waals surface area (Å²) in [5.74, 6) is 1.21. The number of hydrogen-bond donors (Lipinski definition) is 1. The summed E-state index contributed by atoms with van der Waals surface area (Å²) >= 11 is 6.23. The molecular formula is C12H18ClNO3. The number of hydrogen-bond acceptors (Lipinski definition) is 4. The molecule has 0 unspecified atom stereocenters. The molecule has 0 saturated carbocycles. The van der Waals surface area contributed by atoms with Gasteiger partial charge in [-0.15, -0.1) is 0 Å². The third kappa shape index (κ3) is 3.77.